The van der Waals surface area contributed by atoms with E-state index in [0.29, 0.717) is 17.4 Å². The lowest BCUT2D eigenvalue weighted by Crippen LogP contribution is -2.34. The van der Waals surface area contributed by atoms with Crippen molar-refractivity contribution in [2.75, 3.05) is 6.61 Å². The molecule has 1 heterocycles. The molecule has 20 heavy (non-hydrogen) atoms. The fourth-order valence-electron chi connectivity index (χ4n) is 1.91. The molecule has 0 saturated carbocycles. The van der Waals surface area contributed by atoms with Crippen LogP contribution in [0, 0.1) is 0 Å². The Kier molecular flexibility index (Phi) is 5.42. The van der Waals surface area contributed by atoms with Crippen molar-refractivity contribution >= 4 is 27.5 Å². The van der Waals surface area contributed by atoms with Crippen LogP contribution < -0.4 is 16.0 Å². The Hall–Kier alpha value is -1.08. The van der Waals surface area contributed by atoms with Crippen LogP contribution in [0.25, 0.3) is 0 Å². The van der Waals surface area contributed by atoms with Crippen LogP contribution in [0.3, 0.4) is 0 Å². The molecule has 0 aliphatic heterocycles. The highest BCUT2D eigenvalue weighted by Gasteiger charge is 2.19. The predicted octanol–water partition coefficient (Wildman–Crippen LogP) is 2.90. The van der Waals surface area contributed by atoms with Crippen LogP contribution in [-0.2, 0) is 6.54 Å². The molecule has 0 bridgehead atoms. The molecule has 1 aromatic carbocycles. The molecule has 0 fully saturated rings. The number of aryl methyl sites for hydroxylation is 1. The first-order valence-corrected chi connectivity index (χ1v) is 7.38. The standard InChI is InChI=1S/C13H16BrClN4O/c1-2-19-13(11(14)7-17-19)12(18-16)8-20-10-5-3-4-9(15)6-10/h3-7,12,18H,2,8,16H2,1H3. The summed E-state index contributed by atoms with van der Waals surface area (Å²) in [4.78, 5) is 0. The van der Waals surface area contributed by atoms with Gasteiger partial charge in [-0.15, -0.1) is 0 Å². The SMILES string of the molecule is CCn1ncc(Br)c1C(COc1cccc(Cl)c1)NN. The van der Waals surface area contributed by atoms with Gasteiger partial charge in [0.1, 0.15) is 12.4 Å². The minimum absolute atomic E-state index is 0.175. The number of hydrogen-bond acceptors (Lipinski definition) is 4. The molecule has 0 aliphatic carbocycles. The number of rotatable bonds is 6. The van der Waals surface area contributed by atoms with Crippen molar-refractivity contribution in [1.29, 1.82) is 0 Å². The average Bonchev–Trinajstić information content (AvgIpc) is 2.81. The van der Waals surface area contributed by atoms with Gasteiger partial charge in [0.25, 0.3) is 0 Å². The number of nitrogens with zero attached hydrogens (tertiary/aromatic N) is 2. The highest BCUT2D eigenvalue weighted by Crippen LogP contribution is 2.24. The maximum Gasteiger partial charge on any atom is 0.120 e. The van der Waals surface area contributed by atoms with Crippen LogP contribution in [0.1, 0.15) is 18.7 Å². The molecule has 5 nitrogen and oxygen atoms in total. The summed E-state index contributed by atoms with van der Waals surface area (Å²) in [5, 5.41) is 4.91. The maximum atomic E-state index is 5.92. The van der Waals surface area contributed by atoms with E-state index in [0.717, 1.165) is 16.7 Å². The first-order valence-electron chi connectivity index (χ1n) is 6.21. The Morgan fingerprint density at radius 1 is 1.55 bits per heavy atom. The summed E-state index contributed by atoms with van der Waals surface area (Å²) >= 11 is 9.41. The number of hydrogen-bond donors (Lipinski definition) is 2. The van der Waals surface area contributed by atoms with Gasteiger partial charge in [0.15, 0.2) is 0 Å². The number of ether oxygens (including phenoxy) is 1. The molecular weight excluding hydrogens is 344 g/mol. The maximum absolute atomic E-state index is 5.92. The molecule has 0 spiro atoms. The molecule has 1 unspecified atom stereocenters. The molecule has 3 N–H and O–H groups in total. The molecule has 1 aromatic heterocycles. The number of aromatic nitrogens is 2. The van der Waals surface area contributed by atoms with E-state index < -0.39 is 0 Å². The first-order chi connectivity index (χ1) is 9.65. The van der Waals surface area contributed by atoms with Crippen LogP contribution in [0.2, 0.25) is 5.02 Å². The monoisotopic (exact) mass is 358 g/mol. The summed E-state index contributed by atoms with van der Waals surface area (Å²) in [7, 11) is 0. The van der Waals surface area contributed by atoms with Gasteiger partial charge in [-0.25, -0.2) is 5.43 Å². The van der Waals surface area contributed by atoms with E-state index in [9.17, 15) is 0 Å². The molecule has 0 amide bonds. The van der Waals surface area contributed by atoms with Crippen molar-refractivity contribution in [3.8, 4) is 5.75 Å². The second kappa shape index (κ2) is 7.08. The van der Waals surface area contributed by atoms with E-state index in [1.165, 1.54) is 0 Å². The lowest BCUT2D eigenvalue weighted by Gasteiger charge is -2.18. The van der Waals surface area contributed by atoms with E-state index >= 15 is 0 Å². The van der Waals surface area contributed by atoms with Gasteiger partial charge in [0.2, 0.25) is 0 Å². The Morgan fingerprint density at radius 3 is 3.00 bits per heavy atom. The third-order valence-electron chi connectivity index (χ3n) is 2.88. The quantitative estimate of drug-likeness (QED) is 0.615. The molecule has 0 radical (unpaired) electrons. The summed E-state index contributed by atoms with van der Waals surface area (Å²) in [6, 6.07) is 7.09. The highest BCUT2D eigenvalue weighted by molar-refractivity contribution is 9.10. The van der Waals surface area contributed by atoms with E-state index in [1.54, 1.807) is 18.3 Å². The third-order valence-corrected chi connectivity index (χ3v) is 3.72. The van der Waals surface area contributed by atoms with Crippen LogP contribution in [0.15, 0.2) is 34.9 Å². The summed E-state index contributed by atoms with van der Waals surface area (Å²) in [6.45, 7) is 3.16. The Bertz CT molecular complexity index is 575. The topological polar surface area (TPSA) is 65.1 Å². The second-order valence-corrected chi connectivity index (χ2v) is 5.47. The van der Waals surface area contributed by atoms with Crippen LogP contribution in [0.5, 0.6) is 5.75 Å². The van der Waals surface area contributed by atoms with Crippen molar-refractivity contribution in [1.82, 2.24) is 15.2 Å². The zero-order chi connectivity index (χ0) is 14.5. The van der Waals surface area contributed by atoms with Gasteiger partial charge in [-0.1, -0.05) is 17.7 Å². The van der Waals surface area contributed by atoms with E-state index in [-0.39, 0.29) is 6.04 Å². The van der Waals surface area contributed by atoms with Gasteiger partial charge in [0.05, 0.1) is 22.4 Å². The Morgan fingerprint density at radius 2 is 2.35 bits per heavy atom. The highest BCUT2D eigenvalue weighted by atomic mass is 79.9. The minimum atomic E-state index is -0.175. The first kappa shape index (κ1) is 15.3. The second-order valence-electron chi connectivity index (χ2n) is 4.18. The Labute approximate surface area is 131 Å². The van der Waals surface area contributed by atoms with Crippen LogP contribution >= 0.6 is 27.5 Å². The van der Waals surface area contributed by atoms with Crippen molar-refractivity contribution < 1.29 is 4.74 Å². The summed E-state index contributed by atoms with van der Waals surface area (Å²) in [5.74, 6) is 6.34. The lowest BCUT2D eigenvalue weighted by atomic mass is 10.2. The fourth-order valence-corrected chi connectivity index (χ4v) is 2.67. The van der Waals surface area contributed by atoms with Gasteiger partial charge in [-0.3, -0.25) is 10.5 Å². The average molecular weight is 360 g/mol. The number of nitrogens with one attached hydrogen (secondary N) is 1. The third kappa shape index (κ3) is 3.52. The number of benzene rings is 1. The molecule has 2 aromatic rings. The zero-order valence-electron chi connectivity index (χ0n) is 11.0. The summed E-state index contributed by atoms with van der Waals surface area (Å²) in [5.41, 5.74) is 3.71. The number of halogens is 2. The molecule has 108 valence electrons. The van der Waals surface area contributed by atoms with Gasteiger partial charge in [-0.05, 0) is 41.1 Å². The van der Waals surface area contributed by atoms with Gasteiger partial charge in [0, 0.05) is 11.6 Å². The largest absolute Gasteiger partial charge is 0.491 e. The van der Waals surface area contributed by atoms with E-state index in [1.807, 2.05) is 23.7 Å². The van der Waals surface area contributed by atoms with E-state index in [2.05, 4.69) is 26.5 Å². The van der Waals surface area contributed by atoms with Crippen molar-refractivity contribution in [2.45, 2.75) is 19.5 Å². The van der Waals surface area contributed by atoms with Gasteiger partial charge >= 0.3 is 0 Å². The van der Waals surface area contributed by atoms with Gasteiger partial charge < -0.3 is 4.74 Å². The summed E-state index contributed by atoms with van der Waals surface area (Å²) < 4.78 is 8.50. The van der Waals surface area contributed by atoms with E-state index in [4.69, 9.17) is 22.2 Å². The number of hydrazine groups is 1. The van der Waals surface area contributed by atoms with Crippen molar-refractivity contribution in [3.63, 3.8) is 0 Å². The predicted molar refractivity (Wildman–Crippen MR) is 82.6 cm³/mol. The molecular formula is C13H16BrClN4O. The van der Waals surface area contributed by atoms with Crippen LogP contribution in [-0.4, -0.2) is 16.4 Å². The molecule has 2 rings (SSSR count). The lowest BCUT2D eigenvalue weighted by molar-refractivity contribution is 0.260. The van der Waals surface area contributed by atoms with Crippen molar-refractivity contribution in [3.05, 3.63) is 45.7 Å². The Balaban J connectivity index is 2.11. The molecule has 1 atom stereocenters. The van der Waals surface area contributed by atoms with Crippen molar-refractivity contribution in [2.24, 2.45) is 5.84 Å². The van der Waals surface area contributed by atoms with Gasteiger partial charge in [-0.2, -0.15) is 5.10 Å². The molecule has 0 aliphatic rings. The fraction of sp³-hybridized carbons (Fsp3) is 0.308. The molecule has 7 heteroatoms. The van der Waals surface area contributed by atoms with Crippen LogP contribution in [0.4, 0.5) is 0 Å². The zero-order valence-corrected chi connectivity index (χ0v) is 13.4. The number of nitrogens with two attached hydrogens (primary N) is 1. The molecule has 0 saturated heterocycles. The summed E-state index contributed by atoms with van der Waals surface area (Å²) in [6.07, 6.45) is 1.75. The normalized spacial score (nSPS) is 12.4. The minimum Gasteiger partial charge on any atom is -0.491 e. The smallest absolute Gasteiger partial charge is 0.120 e.